The largest absolute Gasteiger partial charge is 0.444 e. The first-order chi connectivity index (χ1) is 15.9. The van der Waals surface area contributed by atoms with E-state index in [1.807, 2.05) is 26.0 Å². The Bertz CT molecular complexity index is 894. The zero-order valence-electron chi connectivity index (χ0n) is 23.1. The molecule has 2 heterocycles. The molecule has 0 radical (unpaired) electrons. The van der Waals surface area contributed by atoms with E-state index < -0.39 is 43.2 Å². The molecule has 0 unspecified atom stereocenters. The van der Waals surface area contributed by atoms with E-state index >= 15 is 0 Å². The molecule has 1 fully saturated rings. The molecule has 7 nitrogen and oxygen atoms in total. The minimum atomic E-state index is -1.42. The third-order valence-electron chi connectivity index (χ3n) is 5.43. The van der Waals surface area contributed by atoms with Crippen LogP contribution >= 0.6 is 11.8 Å². The van der Waals surface area contributed by atoms with Gasteiger partial charge in [-0.05, 0) is 57.0 Å². The number of cyclic esters (lactones) is 1. The van der Waals surface area contributed by atoms with Gasteiger partial charge in [-0.1, -0.05) is 33.5 Å². The summed E-state index contributed by atoms with van der Waals surface area (Å²) in [5.41, 5.74) is -1.37. The number of pyridine rings is 1. The molecule has 2 atom stereocenters. The summed E-state index contributed by atoms with van der Waals surface area (Å²) < 4.78 is 17.5. The molecular formula is C26H44N2O5SSi. The summed E-state index contributed by atoms with van der Waals surface area (Å²) in [6.45, 7) is 20.0. The van der Waals surface area contributed by atoms with E-state index in [1.165, 1.54) is 6.04 Å². The van der Waals surface area contributed by atoms with Crippen molar-refractivity contribution < 1.29 is 23.8 Å². The van der Waals surface area contributed by atoms with Gasteiger partial charge < -0.3 is 19.5 Å². The van der Waals surface area contributed by atoms with Crippen LogP contribution in [0, 0.1) is 5.92 Å². The van der Waals surface area contributed by atoms with Crippen LogP contribution in [0.5, 0.6) is 0 Å². The number of nitrogens with zero attached hydrogens (tertiary/aromatic N) is 1. The van der Waals surface area contributed by atoms with E-state index in [0.717, 1.165) is 16.3 Å². The number of nitrogens with one attached hydrogen (secondary N) is 1. The Morgan fingerprint density at radius 2 is 1.91 bits per heavy atom. The highest BCUT2D eigenvalue weighted by Crippen LogP contribution is 2.39. The number of thioether (sulfide) groups is 1. The summed E-state index contributed by atoms with van der Waals surface area (Å²) in [6.07, 6.45) is 1.87. The second kappa shape index (κ2) is 11.2. The van der Waals surface area contributed by atoms with Crippen molar-refractivity contribution in [3.8, 4) is 0 Å². The number of esters is 1. The number of hydrogen-bond acceptors (Lipinski definition) is 7. The van der Waals surface area contributed by atoms with Gasteiger partial charge in [-0.25, -0.2) is 9.59 Å². The Balaban J connectivity index is 2.37. The molecule has 1 aliphatic heterocycles. The lowest BCUT2D eigenvalue weighted by Gasteiger charge is -2.36. The zero-order chi connectivity index (χ0) is 26.7. The molecule has 1 aromatic heterocycles. The third kappa shape index (κ3) is 9.42. The molecular weight excluding hydrogens is 480 g/mol. The molecule has 1 N–H and O–H groups in total. The Labute approximate surface area is 216 Å². The first kappa shape index (κ1) is 29.6. The second-order valence-electron chi connectivity index (χ2n) is 12.4. The van der Waals surface area contributed by atoms with Gasteiger partial charge in [0.1, 0.15) is 5.60 Å². The van der Waals surface area contributed by atoms with E-state index in [-0.39, 0.29) is 12.3 Å². The normalized spacial score (nSPS) is 21.1. The first-order valence-corrected chi connectivity index (χ1v) is 17.1. The Morgan fingerprint density at radius 1 is 1.26 bits per heavy atom. The Hall–Kier alpha value is -1.58. The summed E-state index contributed by atoms with van der Waals surface area (Å²) in [6, 6.07) is 4.57. The number of carbonyl (C=O) groups excluding carboxylic acids is 2. The lowest BCUT2D eigenvalue weighted by molar-refractivity contribution is -0.170. The molecule has 0 bridgehead atoms. The van der Waals surface area contributed by atoms with Gasteiger partial charge in [0, 0.05) is 45.1 Å². The molecule has 0 spiro atoms. The predicted molar refractivity (Wildman–Crippen MR) is 143 cm³/mol. The smallest absolute Gasteiger partial charge is 0.407 e. The standard InChI is InChI=1S/C26H44N2O5SSi/c1-18(2)15-21(28-23(30)32-24(3,4)5)26(22(29)31-25(6,7)33-26)17-19-16-20(11-12-27-19)34-13-14-35(8,9)10/h11-12,16,18,21H,13-15,17H2,1-10H3,(H,28,30)/t21-,26+/m0/s1. The Kier molecular flexibility index (Phi) is 9.50. The fourth-order valence-corrected chi connectivity index (χ4v) is 7.40. The van der Waals surface area contributed by atoms with Crippen molar-refractivity contribution in [2.45, 2.75) is 115 Å². The maximum absolute atomic E-state index is 13.4. The lowest BCUT2D eigenvalue weighted by Crippen LogP contribution is -2.59. The fourth-order valence-electron chi connectivity index (χ4n) is 3.93. The highest BCUT2D eigenvalue weighted by Gasteiger charge is 2.59. The summed E-state index contributed by atoms with van der Waals surface area (Å²) in [7, 11) is -1.12. The van der Waals surface area contributed by atoms with E-state index in [2.05, 4.69) is 29.9 Å². The van der Waals surface area contributed by atoms with Gasteiger partial charge >= 0.3 is 12.1 Å². The number of ether oxygens (including phenoxy) is 3. The van der Waals surface area contributed by atoms with E-state index in [9.17, 15) is 9.59 Å². The number of carbonyl (C=O) groups is 2. The van der Waals surface area contributed by atoms with Crippen molar-refractivity contribution in [1.29, 1.82) is 0 Å². The highest BCUT2D eigenvalue weighted by atomic mass is 32.2. The second-order valence-corrected chi connectivity index (χ2v) is 19.2. The number of hydrogen-bond donors (Lipinski definition) is 1. The molecule has 2 rings (SSSR count). The molecule has 1 aromatic rings. The van der Waals surface area contributed by atoms with Crippen LogP contribution in [-0.2, 0) is 25.4 Å². The average molecular weight is 525 g/mol. The number of alkyl carbamates (subject to hydrolysis) is 1. The van der Waals surface area contributed by atoms with Crippen LogP contribution in [0.25, 0.3) is 0 Å². The molecule has 1 saturated heterocycles. The van der Waals surface area contributed by atoms with Crippen LogP contribution < -0.4 is 5.32 Å². The molecule has 35 heavy (non-hydrogen) atoms. The molecule has 0 aliphatic carbocycles. The van der Waals surface area contributed by atoms with Crippen molar-refractivity contribution >= 4 is 31.9 Å². The van der Waals surface area contributed by atoms with Crippen LogP contribution in [0.4, 0.5) is 4.79 Å². The van der Waals surface area contributed by atoms with Crippen molar-refractivity contribution in [3.05, 3.63) is 24.0 Å². The van der Waals surface area contributed by atoms with Gasteiger partial charge in [0.05, 0.1) is 6.04 Å². The summed E-state index contributed by atoms with van der Waals surface area (Å²) in [4.78, 5) is 31.8. The minimum Gasteiger partial charge on any atom is -0.444 e. The van der Waals surface area contributed by atoms with E-state index in [1.54, 1.807) is 52.6 Å². The Morgan fingerprint density at radius 3 is 2.43 bits per heavy atom. The predicted octanol–water partition coefficient (Wildman–Crippen LogP) is 6.04. The van der Waals surface area contributed by atoms with Gasteiger partial charge in [-0.15, -0.1) is 11.8 Å². The summed E-state index contributed by atoms with van der Waals surface area (Å²) in [5, 5.41) is 2.93. The van der Waals surface area contributed by atoms with Crippen LogP contribution in [0.3, 0.4) is 0 Å². The van der Waals surface area contributed by atoms with Crippen LogP contribution in [-0.4, -0.2) is 53.9 Å². The monoisotopic (exact) mass is 524 g/mol. The quantitative estimate of drug-likeness (QED) is 0.227. The molecule has 1 aliphatic rings. The average Bonchev–Trinajstić information content (AvgIpc) is 2.87. The van der Waals surface area contributed by atoms with Crippen molar-refractivity contribution in [1.82, 2.24) is 10.3 Å². The summed E-state index contributed by atoms with van der Waals surface area (Å²) in [5.74, 6) is -0.386. The van der Waals surface area contributed by atoms with Crippen LogP contribution in [0.15, 0.2) is 23.2 Å². The van der Waals surface area contributed by atoms with Gasteiger partial charge in [0.2, 0.25) is 5.79 Å². The van der Waals surface area contributed by atoms with Gasteiger partial charge in [0.25, 0.3) is 0 Å². The fraction of sp³-hybridized carbons (Fsp3) is 0.731. The molecule has 0 aromatic carbocycles. The lowest BCUT2D eigenvalue weighted by atomic mass is 9.84. The zero-order valence-corrected chi connectivity index (χ0v) is 24.9. The minimum absolute atomic E-state index is 0.184. The molecule has 1 amide bonds. The van der Waals surface area contributed by atoms with Crippen LogP contribution in [0.1, 0.15) is 60.6 Å². The molecule has 9 heteroatoms. The maximum Gasteiger partial charge on any atom is 0.407 e. The molecule has 0 saturated carbocycles. The third-order valence-corrected chi connectivity index (χ3v) is 8.53. The van der Waals surface area contributed by atoms with Crippen molar-refractivity contribution in [2.75, 3.05) is 5.75 Å². The van der Waals surface area contributed by atoms with Gasteiger partial charge in [-0.2, -0.15) is 0 Å². The van der Waals surface area contributed by atoms with E-state index in [0.29, 0.717) is 6.42 Å². The van der Waals surface area contributed by atoms with Gasteiger partial charge in [-0.3, -0.25) is 4.98 Å². The first-order valence-electron chi connectivity index (χ1n) is 12.4. The van der Waals surface area contributed by atoms with Crippen molar-refractivity contribution in [2.24, 2.45) is 5.92 Å². The van der Waals surface area contributed by atoms with Crippen molar-refractivity contribution in [3.63, 3.8) is 0 Å². The number of amides is 1. The summed E-state index contributed by atoms with van der Waals surface area (Å²) >= 11 is 1.80. The van der Waals surface area contributed by atoms with Crippen LogP contribution in [0.2, 0.25) is 25.7 Å². The highest BCUT2D eigenvalue weighted by molar-refractivity contribution is 7.99. The topological polar surface area (TPSA) is 86.8 Å². The van der Waals surface area contributed by atoms with E-state index in [4.69, 9.17) is 14.2 Å². The van der Waals surface area contributed by atoms with Gasteiger partial charge in [0.15, 0.2) is 5.60 Å². The molecule has 198 valence electrons. The maximum atomic E-state index is 13.4. The SMILES string of the molecule is CC(C)C[C@H](NC(=O)OC(C)(C)C)[C@@]1(Cc2cc(SCC[Si](C)(C)C)ccn2)OC(C)(C)OC1=O. The number of rotatable bonds is 10. The number of aromatic nitrogens is 1.